The van der Waals surface area contributed by atoms with Gasteiger partial charge in [0.1, 0.15) is 0 Å². The molecule has 8 aliphatic rings. The van der Waals surface area contributed by atoms with Crippen molar-refractivity contribution < 1.29 is 18.9 Å². The van der Waals surface area contributed by atoms with E-state index in [0.717, 1.165) is 63.0 Å². The lowest BCUT2D eigenvalue weighted by molar-refractivity contribution is -0.213. The molecule has 65 heavy (non-hydrogen) atoms. The predicted octanol–water partition coefficient (Wildman–Crippen LogP) is 8.75. The Labute approximate surface area is 386 Å². The quantitative estimate of drug-likeness (QED) is 0.144. The first-order valence-corrected chi connectivity index (χ1v) is 24.7. The van der Waals surface area contributed by atoms with Crippen LogP contribution in [0.2, 0.25) is 0 Å². The zero-order valence-corrected chi connectivity index (χ0v) is 39.4. The van der Waals surface area contributed by atoms with Gasteiger partial charge < -0.3 is 28.7 Å². The summed E-state index contributed by atoms with van der Waals surface area (Å²) in [4.78, 5) is 4.45. The highest BCUT2D eigenvalue weighted by Crippen LogP contribution is 2.49. The van der Waals surface area contributed by atoms with E-state index < -0.39 is 0 Å². The molecule has 4 heterocycles. The topological polar surface area (TPSA) is 105 Å². The highest BCUT2D eigenvalue weighted by atomic mass is 16.7. The van der Waals surface area contributed by atoms with E-state index in [1.807, 2.05) is 35.6 Å². The van der Waals surface area contributed by atoms with Crippen LogP contribution < -0.4 is 9.80 Å². The number of aromatic nitrogens is 6. The number of hydrogen-bond donors (Lipinski definition) is 0. The van der Waals surface area contributed by atoms with Gasteiger partial charge in [-0.25, -0.2) is 9.36 Å². The third-order valence-corrected chi connectivity index (χ3v) is 14.5. The normalized spacial score (nSPS) is 23.3. The van der Waals surface area contributed by atoms with Crippen LogP contribution in [0.4, 0.5) is 11.6 Å². The van der Waals surface area contributed by atoms with E-state index in [-0.39, 0.29) is 12.6 Å². The summed E-state index contributed by atoms with van der Waals surface area (Å²) < 4.78 is 27.3. The van der Waals surface area contributed by atoms with E-state index in [4.69, 9.17) is 18.9 Å². The van der Waals surface area contributed by atoms with Crippen LogP contribution in [0, 0.1) is 53.3 Å². The summed E-state index contributed by atoms with van der Waals surface area (Å²) in [7, 11) is 4.22. The summed E-state index contributed by atoms with van der Waals surface area (Å²) in [6, 6.07) is 11.6. The lowest BCUT2D eigenvalue weighted by atomic mass is 9.83. The molecule has 2 spiro atoms. The second-order valence-corrected chi connectivity index (χ2v) is 20.2. The van der Waals surface area contributed by atoms with E-state index in [0.29, 0.717) is 47.7 Å². The second-order valence-electron chi connectivity index (χ2n) is 20.2. The van der Waals surface area contributed by atoms with Crippen molar-refractivity contribution in [1.82, 2.24) is 30.0 Å². The van der Waals surface area contributed by atoms with Crippen LogP contribution in [0.1, 0.15) is 142 Å². The summed E-state index contributed by atoms with van der Waals surface area (Å²) in [6.45, 7) is 11.5. The van der Waals surface area contributed by atoms with Crippen molar-refractivity contribution in [1.29, 1.82) is 0 Å². The summed E-state index contributed by atoms with van der Waals surface area (Å²) >= 11 is 0. The zero-order chi connectivity index (χ0) is 44.5. The average Bonchev–Trinajstić information content (AvgIpc) is 4.07. The molecule has 6 aliphatic carbocycles. The minimum Gasteiger partial charge on any atom is -0.353 e. The third-order valence-electron chi connectivity index (χ3n) is 14.5. The molecular formula is C53H68N8O4. The van der Waals surface area contributed by atoms with Crippen LogP contribution >= 0.6 is 0 Å². The van der Waals surface area contributed by atoms with Gasteiger partial charge in [0.2, 0.25) is 0 Å². The highest BCUT2D eigenvalue weighted by Gasteiger charge is 2.48. The number of rotatable bonds is 10. The standard InChI is InChI=1S/C26H32N4O2.C25H30N4O2.C2H6/c1-18-12-20(9-8-19-6-7-19)13-21-4-3-5-22(25(18)21)29(2)23-14-30(28-27-23)15-24-31-16-26(10-11-26)17-32-24;1-28(23-14-29(27-26-23)15-24-30-16-25(10-11-25)17-31-24)13-21-7-6-19(5-4-18-2-3-18)12-22(21)20-8-9-20;1-2/h12-14,19,22,24H,3-7,10-11,15-17H2,1-2H3;6-7,12,14,18,20,24H,2-3,8-11,13,15-17H2,1H3;1-2H3. The Bertz CT molecular complexity index is 2410. The molecule has 0 radical (unpaired) electrons. The molecule has 0 bridgehead atoms. The van der Waals surface area contributed by atoms with E-state index >= 15 is 0 Å². The fourth-order valence-corrected chi connectivity index (χ4v) is 9.36. The molecule has 2 aromatic carbocycles. The molecule has 12 nitrogen and oxygen atoms in total. The number of hydrogen-bond acceptors (Lipinski definition) is 10. The second kappa shape index (κ2) is 18.9. The van der Waals surface area contributed by atoms with E-state index in [1.54, 1.807) is 0 Å². The average molecular weight is 881 g/mol. The molecule has 2 saturated heterocycles. The largest absolute Gasteiger partial charge is 0.353 e. The summed E-state index contributed by atoms with van der Waals surface area (Å²) in [6.07, 6.45) is 19.6. The number of fused-ring (bicyclic) bond motifs is 1. The number of nitrogens with zero attached hydrogens (tertiary/aromatic N) is 8. The Morgan fingerprint density at radius 3 is 1.83 bits per heavy atom. The number of aryl methyl sites for hydroxylation is 2. The van der Waals surface area contributed by atoms with E-state index in [2.05, 4.69) is 105 Å². The van der Waals surface area contributed by atoms with Crippen molar-refractivity contribution in [3.63, 3.8) is 0 Å². The van der Waals surface area contributed by atoms with Crippen LogP contribution in [-0.2, 0) is 45.0 Å². The lowest BCUT2D eigenvalue weighted by Gasteiger charge is -2.34. The Hall–Kier alpha value is -4.72. The van der Waals surface area contributed by atoms with Gasteiger partial charge in [-0.2, -0.15) is 0 Å². The van der Waals surface area contributed by atoms with Gasteiger partial charge in [0, 0.05) is 54.4 Å². The molecule has 1 atom stereocenters. The number of benzene rings is 2. The molecule has 7 fully saturated rings. The molecule has 12 rings (SSSR count). The van der Waals surface area contributed by atoms with E-state index in [9.17, 15) is 0 Å². The molecule has 12 heteroatoms. The van der Waals surface area contributed by atoms with Gasteiger partial charge in [-0.15, -0.1) is 10.2 Å². The molecule has 5 saturated carbocycles. The van der Waals surface area contributed by atoms with Crippen LogP contribution in [-0.4, -0.2) is 83.1 Å². The molecule has 2 aromatic heterocycles. The van der Waals surface area contributed by atoms with Crippen LogP contribution in [0.15, 0.2) is 42.7 Å². The predicted molar refractivity (Wildman–Crippen MR) is 251 cm³/mol. The maximum Gasteiger partial charge on any atom is 0.177 e. The van der Waals surface area contributed by atoms with Gasteiger partial charge in [-0.3, -0.25) is 0 Å². The van der Waals surface area contributed by atoms with Gasteiger partial charge in [-0.1, -0.05) is 54.0 Å². The van der Waals surface area contributed by atoms with Crippen molar-refractivity contribution in [3.05, 3.63) is 81.7 Å². The van der Waals surface area contributed by atoms with Crippen molar-refractivity contribution in [2.45, 2.75) is 148 Å². The van der Waals surface area contributed by atoms with Crippen molar-refractivity contribution >= 4 is 11.6 Å². The van der Waals surface area contributed by atoms with Crippen LogP contribution in [0.5, 0.6) is 0 Å². The number of ether oxygens (including phenoxy) is 4. The smallest absolute Gasteiger partial charge is 0.177 e. The van der Waals surface area contributed by atoms with Gasteiger partial charge in [-0.05, 0) is 148 Å². The number of anilines is 2. The molecule has 4 aromatic rings. The fraction of sp³-hybridized carbons (Fsp3) is 0.623. The van der Waals surface area contributed by atoms with Gasteiger partial charge in [0.25, 0.3) is 0 Å². The molecule has 2 aliphatic heterocycles. The van der Waals surface area contributed by atoms with Crippen molar-refractivity contribution in [3.8, 4) is 23.7 Å². The Morgan fingerprint density at radius 1 is 0.692 bits per heavy atom. The third kappa shape index (κ3) is 10.9. The first kappa shape index (κ1) is 44.1. The zero-order valence-electron chi connectivity index (χ0n) is 39.4. The molecule has 344 valence electrons. The summed E-state index contributed by atoms with van der Waals surface area (Å²) in [5, 5.41) is 17.5. The maximum absolute atomic E-state index is 5.92. The first-order chi connectivity index (χ1) is 31.7. The molecule has 1 unspecified atom stereocenters. The van der Waals surface area contributed by atoms with Crippen molar-refractivity contribution in [2.24, 2.45) is 22.7 Å². The Kier molecular flexibility index (Phi) is 12.8. The summed E-state index contributed by atoms with van der Waals surface area (Å²) in [5.41, 5.74) is 10.0. The van der Waals surface area contributed by atoms with E-state index in [1.165, 1.54) is 104 Å². The molecule has 0 amide bonds. The Balaban J connectivity index is 0.000000148. The lowest BCUT2D eigenvalue weighted by Crippen LogP contribution is -2.36. The fourth-order valence-electron chi connectivity index (χ4n) is 9.36. The minimum absolute atomic E-state index is 0.225. The van der Waals surface area contributed by atoms with Crippen molar-refractivity contribution in [2.75, 3.05) is 50.3 Å². The maximum atomic E-state index is 5.92. The summed E-state index contributed by atoms with van der Waals surface area (Å²) in [5.74, 6) is 17.3. The molecule has 0 N–H and O–H groups in total. The highest BCUT2D eigenvalue weighted by molar-refractivity contribution is 5.52. The minimum atomic E-state index is -0.228. The first-order valence-electron chi connectivity index (χ1n) is 24.7. The Morgan fingerprint density at radius 2 is 1.26 bits per heavy atom. The van der Waals surface area contributed by atoms with Gasteiger partial charge in [0.15, 0.2) is 24.2 Å². The van der Waals surface area contributed by atoms with Crippen LogP contribution in [0.25, 0.3) is 0 Å². The van der Waals surface area contributed by atoms with Gasteiger partial charge >= 0.3 is 0 Å². The van der Waals surface area contributed by atoms with Crippen LogP contribution in [0.3, 0.4) is 0 Å². The molecular weight excluding hydrogens is 813 g/mol. The SMILES string of the molecule is CC.CN(Cc1ccc(C#CC2CC2)cc1C1CC1)c1cn(CC2OCC3(CC3)CO2)nn1.Cc1cc(C#CC2CC2)cc2c1C(N(C)c1cn(CC3OCC4(CC4)CO3)nn1)CCC2. The van der Waals surface area contributed by atoms with Gasteiger partial charge in [0.05, 0.1) is 58.0 Å². The monoisotopic (exact) mass is 881 g/mol.